The number of benzene rings is 1. The Bertz CT molecular complexity index is 862. The van der Waals surface area contributed by atoms with Crippen molar-refractivity contribution in [2.45, 2.75) is 6.04 Å². The van der Waals surface area contributed by atoms with Gasteiger partial charge < -0.3 is 4.90 Å². The molecule has 0 radical (unpaired) electrons. The molecule has 3 aliphatic rings. The summed E-state index contributed by atoms with van der Waals surface area (Å²) < 4.78 is 1.93. The maximum atomic E-state index is 12.6. The lowest BCUT2D eigenvalue weighted by molar-refractivity contribution is -0.531. The average molecular weight is 404 g/mol. The van der Waals surface area contributed by atoms with Crippen molar-refractivity contribution >= 4 is 41.4 Å². The van der Waals surface area contributed by atoms with Crippen LogP contribution in [0.4, 0.5) is 10.5 Å². The number of carbonyl (C=O) groups excluding carboxylic acids is 2. The van der Waals surface area contributed by atoms with Gasteiger partial charge in [-0.25, -0.2) is 9.37 Å². The fourth-order valence-electron chi connectivity index (χ4n) is 3.91. The first-order chi connectivity index (χ1) is 13.5. The number of rotatable bonds is 4. The summed E-state index contributed by atoms with van der Waals surface area (Å²) >= 11 is 6.31. The molecule has 1 aromatic carbocycles. The molecular weight excluding hydrogens is 380 g/mol. The summed E-state index contributed by atoms with van der Waals surface area (Å²) in [4.78, 5) is 36.2. The minimum Gasteiger partial charge on any atom is -0.368 e. The molecule has 8 nitrogen and oxygen atoms in total. The first-order valence-electron chi connectivity index (χ1n) is 9.41. The van der Waals surface area contributed by atoms with Gasteiger partial charge in [-0.2, -0.15) is 0 Å². The van der Waals surface area contributed by atoms with Crippen molar-refractivity contribution in [3.63, 3.8) is 0 Å². The maximum Gasteiger partial charge on any atom is 0.333 e. The van der Waals surface area contributed by atoms with Gasteiger partial charge in [0.05, 0.1) is 17.3 Å². The Morgan fingerprint density at radius 2 is 1.82 bits per heavy atom. The van der Waals surface area contributed by atoms with Crippen LogP contribution in [0.1, 0.15) is 0 Å². The zero-order chi connectivity index (χ0) is 19.8. The van der Waals surface area contributed by atoms with Crippen molar-refractivity contribution in [1.82, 2.24) is 14.7 Å². The number of anilines is 1. The lowest BCUT2D eigenvalue weighted by Crippen LogP contribution is -2.61. The van der Waals surface area contributed by atoms with Crippen molar-refractivity contribution in [3.05, 3.63) is 29.3 Å². The third kappa shape index (κ3) is 3.27. The number of imide groups is 1. The van der Waals surface area contributed by atoms with Crippen LogP contribution in [0.5, 0.6) is 0 Å². The molecule has 2 saturated heterocycles. The highest BCUT2D eigenvalue weighted by Gasteiger charge is 2.50. The monoisotopic (exact) mass is 403 g/mol. The topological polar surface area (TPSA) is 62.5 Å². The van der Waals surface area contributed by atoms with Gasteiger partial charge in [0, 0.05) is 46.8 Å². The molecule has 0 saturated carbocycles. The number of para-hydroxylation sites is 1. The summed E-state index contributed by atoms with van der Waals surface area (Å²) in [5.74, 6) is 0.288. The van der Waals surface area contributed by atoms with Crippen LogP contribution in [0.15, 0.2) is 29.3 Å². The highest BCUT2D eigenvalue weighted by atomic mass is 35.5. The second-order valence-corrected chi connectivity index (χ2v) is 7.67. The van der Waals surface area contributed by atoms with Gasteiger partial charge in [-0.1, -0.05) is 23.7 Å². The Balaban J connectivity index is 1.32. The van der Waals surface area contributed by atoms with Crippen LogP contribution in [-0.2, 0) is 4.79 Å². The first-order valence-corrected chi connectivity index (χ1v) is 9.79. The Hall–Kier alpha value is -2.45. The molecule has 3 amide bonds. The number of aliphatic imine (C=N–C) groups is 1. The van der Waals surface area contributed by atoms with Crippen LogP contribution in [0, 0.1) is 0 Å². The van der Waals surface area contributed by atoms with E-state index in [0.717, 1.165) is 48.3 Å². The van der Waals surface area contributed by atoms with E-state index >= 15 is 0 Å². The van der Waals surface area contributed by atoms with Crippen LogP contribution in [-0.4, -0.2) is 103 Å². The second kappa shape index (κ2) is 7.52. The summed E-state index contributed by atoms with van der Waals surface area (Å²) in [7, 11) is 3.17. The molecule has 1 atom stereocenters. The fourth-order valence-corrected chi connectivity index (χ4v) is 4.16. The molecule has 2 fully saturated rings. The van der Waals surface area contributed by atoms with Crippen LogP contribution >= 0.6 is 11.6 Å². The number of hydrogen-bond acceptors (Lipinski definition) is 5. The number of nitrogens with zero attached hydrogens (tertiary/aromatic N) is 6. The number of piperazine rings is 1. The molecule has 9 heteroatoms. The summed E-state index contributed by atoms with van der Waals surface area (Å²) in [6, 6.07) is 7.08. The number of carbonyl (C=O) groups is 2. The SMILES string of the molecule is CN1C(=O)C2C(=NC=[N+]2CCN2CCN(c3ccccc3Cl)CC2)N(C)C1=O. The van der Waals surface area contributed by atoms with Gasteiger partial charge in [-0.05, 0) is 17.1 Å². The van der Waals surface area contributed by atoms with E-state index in [4.69, 9.17) is 11.6 Å². The molecule has 1 unspecified atom stereocenters. The molecule has 0 aliphatic carbocycles. The lowest BCUT2D eigenvalue weighted by atomic mass is 10.1. The van der Waals surface area contributed by atoms with Crippen LogP contribution in [0.2, 0.25) is 5.02 Å². The van der Waals surface area contributed by atoms with Crippen molar-refractivity contribution in [1.29, 1.82) is 0 Å². The van der Waals surface area contributed by atoms with Gasteiger partial charge in [-0.15, -0.1) is 0 Å². The lowest BCUT2D eigenvalue weighted by Gasteiger charge is -2.36. The van der Waals surface area contributed by atoms with Gasteiger partial charge in [-0.3, -0.25) is 19.5 Å². The first kappa shape index (κ1) is 18.9. The summed E-state index contributed by atoms with van der Waals surface area (Å²) in [5, 5.41) is 0.783. The van der Waals surface area contributed by atoms with Crippen LogP contribution in [0.25, 0.3) is 0 Å². The molecule has 28 heavy (non-hydrogen) atoms. The maximum absolute atomic E-state index is 12.6. The minimum atomic E-state index is -0.503. The number of fused-ring (bicyclic) bond motifs is 1. The zero-order valence-corrected chi connectivity index (χ0v) is 16.8. The second-order valence-electron chi connectivity index (χ2n) is 7.26. The Morgan fingerprint density at radius 1 is 1.11 bits per heavy atom. The minimum absolute atomic E-state index is 0.223. The third-order valence-electron chi connectivity index (χ3n) is 5.64. The molecule has 0 bridgehead atoms. The zero-order valence-electron chi connectivity index (χ0n) is 16.1. The molecule has 4 rings (SSSR count). The van der Waals surface area contributed by atoms with Gasteiger partial charge in [0.1, 0.15) is 0 Å². The van der Waals surface area contributed by atoms with E-state index in [1.54, 1.807) is 13.4 Å². The van der Waals surface area contributed by atoms with Gasteiger partial charge >= 0.3 is 6.03 Å². The average Bonchev–Trinajstić information content (AvgIpc) is 3.14. The van der Waals surface area contributed by atoms with Crippen LogP contribution in [0.3, 0.4) is 0 Å². The number of halogens is 1. The molecule has 148 valence electrons. The van der Waals surface area contributed by atoms with E-state index in [1.165, 1.54) is 11.9 Å². The van der Waals surface area contributed by atoms with Crippen molar-refractivity contribution in [2.75, 3.05) is 58.3 Å². The van der Waals surface area contributed by atoms with Gasteiger partial charge in [0.15, 0.2) is 0 Å². The van der Waals surface area contributed by atoms with Gasteiger partial charge in [0.2, 0.25) is 0 Å². The molecule has 3 aliphatic heterocycles. The normalized spacial score (nSPS) is 23.1. The number of amides is 3. The highest BCUT2D eigenvalue weighted by Crippen LogP contribution is 2.26. The van der Waals surface area contributed by atoms with Gasteiger partial charge in [0.25, 0.3) is 24.1 Å². The summed E-state index contributed by atoms with van der Waals surface area (Å²) in [6.07, 6.45) is 1.68. The van der Waals surface area contributed by atoms with Crippen molar-refractivity contribution in [2.24, 2.45) is 4.99 Å². The molecule has 3 heterocycles. The van der Waals surface area contributed by atoms with Crippen molar-refractivity contribution < 1.29 is 14.2 Å². The highest BCUT2D eigenvalue weighted by molar-refractivity contribution is 6.33. The van der Waals surface area contributed by atoms with Crippen molar-refractivity contribution in [3.8, 4) is 0 Å². The Kier molecular flexibility index (Phi) is 5.07. The molecule has 1 aromatic rings. The number of amidine groups is 1. The standard InChI is InChI=1S/C19H24ClN6O2/c1-22-17-16(18(27)23(2)19(22)28)26(13-21-17)12-9-24-7-10-25(11-8-24)15-6-4-3-5-14(15)20/h3-6,13,16H,7-12H2,1-2H3/q+1. The Labute approximate surface area is 169 Å². The van der Waals surface area contributed by atoms with E-state index in [1.807, 2.05) is 22.8 Å². The number of hydrogen-bond donors (Lipinski definition) is 0. The third-order valence-corrected chi connectivity index (χ3v) is 5.96. The fraction of sp³-hybridized carbons (Fsp3) is 0.474. The number of urea groups is 1. The van der Waals surface area contributed by atoms with E-state index in [2.05, 4.69) is 20.9 Å². The smallest absolute Gasteiger partial charge is 0.333 e. The summed E-state index contributed by atoms with van der Waals surface area (Å²) in [6.45, 7) is 5.22. The molecule has 0 N–H and O–H groups in total. The molecular formula is C19H24ClN6O2+. The summed E-state index contributed by atoms with van der Waals surface area (Å²) in [5.41, 5.74) is 1.08. The van der Waals surface area contributed by atoms with Crippen LogP contribution < -0.4 is 4.90 Å². The van der Waals surface area contributed by atoms with E-state index in [0.29, 0.717) is 12.4 Å². The van der Waals surface area contributed by atoms with E-state index in [-0.39, 0.29) is 11.9 Å². The van der Waals surface area contributed by atoms with E-state index in [9.17, 15) is 9.59 Å². The predicted octanol–water partition coefficient (Wildman–Crippen LogP) is 0.807. The Morgan fingerprint density at radius 3 is 2.54 bits per heavy atom. The largest absolute Gasteiger partial charge is 0.368 e. The number of likely N-dealkylation sites (N-methyl/N-ethyl adjacent to an activating group) is 2. The molecule has 0 spiro atoms. The molecule has 0 aromatic heterocycles. The predicted molar refractivity (Wildman–Crippen MR) is 108 cm³/mol. The quantitative estimate of drug-likeness (QED) is 0.698. The van der Waals surface area contributed by atoms with E-state index < -0.39 is 6.04 Å².